The zero-order valence-corrected chi connectivity index (χ0v) is 8.73. The smallest absolute Gasteiger partial charge is 0.150 e. The lowest BCUT2D eigenvalue weighted by molar-refractivity contribution is 0.112. The van der Waals surface area contributed by atoms with Crippen molar-refractivity contribution in [3.05, 3.63) is 29.5 Å². The third-order valence-electron chi connectivity index (χ3n) is 2.27. The minimum Gasteiger partial charge on any atom is -0.362 e. The SMILES string of the molecule is COCn1cc2cc(C=O)cc(C)c2n1. The molecule has 0 fully saturated rings. The zero-order valence-electron chi connectivity index (χ0n) is 8.73. The van der Waals surface area contributed by atoms with Crippen molar-refractivity contribution in [3.8, 4) is 0 Å². The Kier molecular flexibility index (Phi) is 2.51. The summed E-state index contributed by atoms with van der Waals surface area (Å²) >= 11 is 0. The molecule has 0 radical (unpaired) electrons. The van der Waals surface area contributed by atoms with Crippen molar-refractivity contribution in [1.29, 1.82) is 0 Å². The Morgan fingerprint density at radius 2 is 2.33 bits per heavy atom. The van der Waals surface area contributed by atoms with Crippen LogP contribution in [0.1, 0.15) is 15.9 Å². The highest BCUT2D eigenvalue weighted by Gasteiger charge is 2.05. The van der Waals surface area contributed by atoms with Crippen molar-refractivity contribution < 1.29 is 9.53 Å². The maximum Gasteiger partial charge on any atom is 0.150 e. The molecule has 0 aliphatic carbocycles. The number of carbonyl (C=O) groups is 1. The molecular weight excluding hydrogens is 192 g/mol. The quantitative estimate of drug-likeness (QED) is 0.715. The van der Waals surface area contributed by atoms with Crippen LogP contribution in [0.5, 0.6) is 0 Å². The predicted octanol–water partition coefficient (Wildman–Crippen LogP) is 1.76. The van der Waals surface area contributed by atoms with Gasteiger partial charge in [0.1, 0.15) is 13.0 Å². The Bertz CT molecular complexity index is 503. The molecule has 0 bridgehead atoms. The van der Waals surface area contributed by atoms with Crippen molar-refractivity contribution in [2.75, 3.05) is 7.11 Å². The molecule has 4 nitrogen and oxygen atoms in total. The Labute approximate surface area is 87.5 Å². The van der Waals surface area contributed by atoms with Gasteiger partial charge in [0, 0.05) is 24.3 Å². The van der Waals surface area contributed by atoms with E-state index in [0.717, 1.165) is 22.8 Å². The van der Waals surface area contributed by atoms with Gasteiger partial charge >= 0.3 is 0 Å². The summed E-state index contributed by atoms with van der Waals surface area (Å²) in [5.41, 5.74) is 2.60. The number of aldehydes is 1. The molecular formula is C11H12N2O2. The van der Waals surface area contributed by atoms with Gasteiger partial charge in [-0.05, 0) is 24.6 Å². The Hall–Kier alpha value is -1.68. The molecule has 0 atom stereocenters. The Balaban J connectivity index is 2.59. The van der Waals surface area contributed by atoms with Gasteiger partial charge in [0.15, 0.2) is 0 Å². The lowest BCUT2D eigenvalue weighted by Gasteiger charge is -1.96. The van der Waals surface area contributed by atoms with Crippen molar-refractivity contribution in [3.63, 3.8) is 0 Å². The van der Waals surface area contributed by atoms with Gasteiger partial charge in [0.05, 0.1) is 5.52 Å². The van der Waals surface area contributed by atoms with E-state index in [1.807, 2.05) is 25.3 Å². The van der Waals surface area contributed by atoms with Gasteiger partial charge in [-0.2, -0.15) is 5.10 Å². The fourth-order valence-corrected chi connectivity index (χ4v) is 1.65. The Morgan fingerprint density at radius 3 is 3.00 bits per heavy atom. The van der Waals surface area contributed by atoms with Crippen LogP contribution < -0.4 is 0 Å². The third-order valence-corrected chi connectivity index (χ3v) is 2.27. The van der Waals surface area contributed by atoms with Gasteiger partial charge in [-0.1, -0.05) is 0 Å². The van der Waals surface area contributed by atoms with Crippen molar-refractivity contribution in [2.45, 2.75) is 13.7 Å². The first-order valence-electron chi connectivity index (χ1n) is 4.66. The molecule has 0 aliphatic rings. The number of nitrogens with zero attached hydrogens (tertiary/aromatic N) is 2. The highest BCUT2D eigenvalue weighted by Crippen LogP contribution is 2.18. The van der Waals surface area contributed by atoms with Crippen LogP contribution in [0.4, 0.5) is 0 Å². The molecule has 15 heavy (non-hydrogen) atoms. The molecule has 0 amide bonds. The van der Waals surface area contributed by atoms with E-state index in [4.69, 9.17) is 4.74 Å². The summed E-state index contributed by atoms with van der Waals surface area (Å²) in [6, 6.07) is 3.66. The van der Waals surface area contributed by atoms with Gasteiger partial charge in [-0.25, -0.2) is 4.68 Å². The lowest BCUT2D eigenvalue weighted by Crippen LogP contribution is -1.99. The fraction of sp³-hybridized carbons (Fsp3) is 0.273. The van der Waals surface area contributed by atoms with Crippen LogP contribution >= 0.6 is 0 Å². The van der Waals surface area contributed by atoms with Crippen LogP contribution in [-0.4, -0.2) is 23.2 Å². The summed E-state index contributed by atoms with van der Waals surface area (Å²) in [4.78, 5) is 10.7. The number of aryl methyl sites for hydroxylation is 1. The Morgan fingerprint density at radius 1 is 1.53 bits per heavy atom. The minimum absolute atomic E-state index is 0.421. The summed E-state index contributed by atoms with van der Waals surface area (Å²) in [5.74, 6) is 0. The van der Waals surface area contributed by atoms with Crippen molar-refractivity contribution >= 4 is 17.2 Å². The van der Waals surface area contributed by atoms with E-state index in [0.29, 0.717) is 12.3 Å². The van der Waals surface area contributed by atoms with E-state index in [-0.39, 0.29) is 0 Å². The highest BCUT2D eigenvalue weighted by atomic mass is 16.5. The summed E-state index contributed by atoms with van der Waals surface area (Å²) in [6.07, 6.45) is 2.72. The normalized spacial score (nSPS) is 10.8. The van der Waals surface area contributed by atoms with Gasteiger partial charge in [0.2, 0.25) is 0 Å². The van der Waals surface area contributed by atoms with E-state index in [2.05, 4.69) is 5.10 Å². The molecule has 0 spiro atoms. The molecule has 0 saturated heterocycles. The number of hydrogen-bond donors (Lipinski definition) is 0. The van der Waals surface area contributed by atoms with Crippen LogP contribution in [0, 0.1) is 6.92 Å². The summed E-state index contributed by atoms with van der Waals surface area (Å²) in [5, 5.41) is 5.32. The third kappa shape index (κ3) is 1.76. The second-order valence-electron chi connectivity index (χ2n) is 3.48. The van der Waals surface area contributed by atoms with Crippen LogP contribution in [0.2, 0.25) is 0 Å². The number of carbonyl (C=O) groups excluding carboxylic acids is 1. The molecule has 2 aromatic rings. The van der Waals surface area contributed by atoms with E-state index in [9.17, 15) is 4.79 Å². The van der Waals surface area contributed by atoms with Crippen molar-refractivity contribution in [1.82, 2.24) is 9.78 Å². The topological polar surface area (TPSA) is 44.1 Å². The van der Waals surface area contributed by atoms with E-state index in [1.165, 1.54) is 0 Å². The van der Waals surface area contributed by atoms with Gasteiger partial charge < -0.3 is 4.74 Å². The molecule has 2 rings (SSSR count). The average Bonchev–Trinajstić information content (AvgIpc) is 2.61. The van der Waals surface area contributed by atoms with Gasteiger partial charge in [-0.15, -0.1) is 0 Å². The van der Waals surface area contributed by atoms with Crippen LogP contribution in [0.25, 0.3) is 10.9 Å². The molecule has 0 saturated carbocycles. The number of fused-ring (bicyclic) bond motifs is 1. The molecule has 1 aromatic carbocycles. The molecule has 4 heteroatoms. The monoisotopic (exact) mass is 204 g/mol. The summed E-state index contributed by atoms with van der Waals surface area (Å²) in [7, 11) is 1.62. The number of benzene rings is 1. The maximum absolute atomic E-state index is 10.7. The molecule has 78 valence electrons. The summed E-state index contributed by atoms with van der Waals surface area (Å²) < 4.78 is 6.70. The highest BCUT2D eigenvalue weighted by molar-refractivity contribution is 5.88. The first kappa shape index (κ1) is 9.86. The molecule has 1 heterocycles. The standard InChI is InChI=1S/C11H12N2O2/c1-8-3-9(6-14)4-10-5-13(7-15-2)12-11(8)10/h3-6H,7H2,1-2H3. The number of ether oxygens (including phenoxy) is 1. The first-order valence-corrected chi connectivity index (χ1v) is 4.66. The van der Waals surface area contributed by atoms with E-state index >= 15 is 0 Å². The van der Waals surface area contributed by atoms with Crippen LogP contribution in [0.3, 0.4) is 0 Å². The van der Waals surface area contributed by atoms with Crippen LogP contribution in [0.15, 0.2) is 18.3 Å². The number of rotatable bonds is 3. The fourth-order valence-electron chi connectivity index (χ4n) is 1.65. The van der Waals surface area contributed by atoms with Crippen molar-refractivity contribution in [2.24, 2.45) is 0 Å². The first-order chi connectivity index (χ1) is 7.24. The number of hydrogen-bond acceptors (Lipinski definition) is 3. The second kappa shape index (κ2) is 3.82. The zero-order chi connectivity index (χ0) is 10.8. The average molecular weight is 204 g/mol. The molecule has 0 N–H and O–H groups in total. The van der Waals surface area contributed by atoms with Crippen LogP contribution in [-0.2, 0) is 11.5 Å². The largest absolute Gasteiger partial charge is 0.362 e. The van der Waals surface area contributed by atoms with Gasteiger partial charge in [-0.3, -0.25) is 4.79 Å². The van der Waals surface area contributed by atoms with E-state index in [1.54, 1.807) is 11.8 Å². The summed E-state index contributed by atoms with van der Waals surface area (Å²) in [6.45, 7) is 2.37. The number of methoxy groups -OCH3 is 1. The molecule has 1 aromatic heterocycles. The number of aromatic nitrogens is 2. The minimum atomic E-state index is 0.421. The second-order valence-corrected chi connectivity index (χ2v) is 3.48. The van der Waals surface area contributed by atoms with Gasteiger partial charge in [0.25, 0.3) is 0 Å². The molecule has 0 aliphatic heterocycles. The maximum atomic E-state index is 10.7. The van der Waals surface area contributed by atoms with E-state index < -0.39 is 0 Å². The predicted molar refractivity (Wildman–Crippen MR) is 56.9 cm³/mol. The lowest BCUT2D eigenvalue weighted by atomic mass is 10.1. The molecule has 0 unspecified atom stereocenters.